The molecule has 4 rings (SSSR count). The fraction of sp³-hybridized carbons (Fsp3) is 0.429. The first-order valence-electron chi connectivity index (χ1n) is 9.43. The summed E-state index contributed by atoms with van der Waals surface area (Å²) in [6.45, 7) is 3.98. The molecule has 6 nitrogen and oxygen atoms in total. The van der Waals surface area contributed by atoms with Crippen molar-refractivity contribution < 1.29 is 4.74 Å². The number of aryl methyl sites for hydroxylation is 2. The van der Waals surface area contributed by atoms with Crippen molar-refractivity contribution in [3.05, 3.63) is 57.3 Å². The molecule has 0 bridgehead atoms. The molecule has 6 heteroatoms. The molecular formula is C21H24N4O2. The third kappa shape index (κ3) is 3.31. The number of ether oxygens (including phenoxy) is 1. The third-order valence-corrected chi connectivity index (χ3v) is 5.65. The second-order valence-electron chi connectivity index (χ2n) is 7.40. The summed E-state index contributed by atoms with van der Waals surface area (Å²) in [6, 6.07) is 3.96. The van der Waals surface area contributed by atoms with Crippen molar-refractivity contribution in [2.75, 3.05) is 7.11 Å². The van der Waals surface area contributed by atoms with Gasteiger partial charge in [-0.05, 0) is 69.1 Å². The van der Waals surface area contributed by atoms with Crippen molar-refractivity contribution in [3.8, 4) is 5.88 Å². The molecule has 0 amide bonds. The smallest absolute Gasteiger partial charge is 0.253 e. The highest BCUT2D eigenvalue weighted by molar-refractivity contribution is 5.70. The van der Waals surface area contributed by atoms with E-state index in [0.717, 1.165) is 48.3 Å². The van der Waals surface area contributed by atoms with Crippen LogP contribution in [0.2, 0.25) is 0 Å². The lowest BCUT2D eigenvalue weighted by Crippen LogP contribution is -2.21. The molecule has 1 aliphatic rings. The monoisotopic (exact) mass is 364 g/mol. The number of rotatable bonds is 3. The highest BCUT2D eigenvalue weighted by atomic mass is 16.5. The maximum atomic E-state index is 12.6. The van der Waals surface area contributed by atoms with Crippen LogP contribution in [0.4, 0.5) is 0 Å². The number of fused-ring (bicyclic) bond motifs is 1. The molecule has 0 radical (unpaired) electrons. The molecule has 0 aliphatic heterocycles. The Morgan fingerprint density at radius 2 is 1.85 bits per heavy atom. The zero-order valence-corrected chi connectivity index (χ0v) is 16.0. The van der Waals surface area contributed by atoms with Crippen molar-refractivity contribution in [1.82, 2.24) is 19.9 Å². The molecule has 140 valence electrons. The van der Waals surface area contributed by atoms with E-state index in [0.29, 0.717) is 11.6 Å². The minimum Gasteiger partial charge on any atom is -0.481 e. The van der Waals surface area contributed by atoms with Crippen LogP contribution >= 0.6 is 0 Å². The molecule has 0 spiro atoms. The second kappa shape index (κ2) is 7.10. The van der Waals surface area contributed by atoms with E-state index >= 15 is 0 Å². The van der Waals surface area contributed by atoms with Crippen LogP contribution in [0.5, 0.6) is 5.88 Å². The Morgan fingerprint density at radius 1 is 1.11 bits per heavy atom. The van der Waals surface area contributed by atoms with Gasteiger partial charge in [-0.3, -0.25) is 9.78 Å². The van der Waals surface area contributed by atoms with Gasteiger partial charge in [0.1, 0.15) is 5.52 Å². The van der Waals surface area contributed by atoms with Crippen molar-refractivity contribution in [2.24, 2.45) is 0 Å². The minimum atomic E-state index is -0.0408. The number of aromatic amines is 1. The van der Waals surface area contributed by atoms with Gasteiger partial charge in [-0.1, -0.05) is 0 Å². The van der Waals surface area contributed by atoms with E-state index in [1.807, 2.05) is 19.1 Å². The Hall–Kier alpha value is -2.76. The van der Waals surface area contributed by atoms with E-state index in [4.69, 9.17) is 4.74 Å². The van der Waals surface area contributed by atoms with Crippen LogP contribution in [0.25, 0.3) is 11.2 Å². The first kappa shape index (κ1) is 17.6. The molecule has 0 saturated heterocycles. The second-order valence-corrected chi connectivity index (χ2v) is 7.40. The van der Waals surface area contributed by atoms with Crippen LogP contribution < -0.4 is 10.3 Å². The first-order chi connectivity index (χ1) is 13.1. The molecule has 27 heavy (non-hydrogen) atoms. The van der Waals surface area contributed by atoms with Crippen LogP contribution in [0.15, 0.2) is 29.3 Å². The number of methoxy groups -OCH3 is 1. The van der Waals surface area contributed by atoms with E-state index in [9.17, 15) is 4.79 Å². The summed E-state index contributed by atoms with van der Waals surface area (Å²) in [5.41, 5.74) is 5.34. The van der Waals surface area contributed by atoms with E-state index < -0.39 is 0 Å². The fourth-order valence-corrected chi connectivity index (χ4v) is 4.28. The molecule has 3 aromatic heterocycles. The van der Waals surface area contributed by atoms with Crippen LogP contribution in [-0.2, 0) is 0 Å². The SMILES string of the molecule is COc1nccc(C)c1C1CCC(c2cc3ncc(C)nc3[nH]c2=O)CC1. The average molecular weight is 364 g/mol. The van der Waals surface area contributed by atoms with Crippen LogP contribution in [0.3, 0.4) is 0 Å². The summed E-state index contributed by atoms with van der Waals surface area (Å²) < 4.78 is 5.49. The van der Waals surface area contributed by atoms with E-state index in [-0.39, 0.29) is 11.5 Å². The van der Waals surface area contributed by atoms with Gasteiger partial charge in [0.05, 0.1) is 12.8 Å². The number of nitrogens with zero attached hydrogens (tertiary/aromatic N) is 3. The van der Waals surface area contributed by atoms with E-state index in [1.54, 1.807) is 19.5 Å². The minimum absolute atomic E-state index is 0.0408. The van der Waals surface area contributed by atoms with Gasteiger partial charge in [0.15, 0.2) is 5.65 Å². The molecule has 1 N–H and O–H groups in total. The largest absolute Gasteiger partial charge is 0.481 e. The Kier molecular flexibility index (Phi) is 4.64. The Labute approximate surface area is 158 Å². The Bertz CT molecular complexity index is 1040. The molecule has 1 fully saturated rings. The number of pyridine rings is 2. The molecule has 0 aromatic carbocycles. The highest BCUT2D eigenvalue weighted by Crippen LogP contribution is 2.43. The molecule has 1 saturated carbocycles. The highest BCUT2D eigenvalue weighted by Gasteiger charge is 2.28. The maximum absolute atomic E-state index is 12.6. The molecule has 0 atom stereocenters. The van der Waals surface area contributed by atoms with Gasteiger partial charge in [-0.25, -0.2) is 9.97 Å². The molecule has 3 heterocycles. The van der Waals surface area contributed by atoms with Gasteiger partial charge < -0.3 is 9.72 Å². The molecule has 0 unspecified atom stereocenters. The summed E-state index contributed by atoms with van der Waals surface area (Å²) in [7, 11) is 1.67. The van der Waals surface area contributed by atoms with Crippen LogP contribution in [0, 0.1) is 13.8 Å². The van der Waals surface area contributed by atoms with E-state index in [1.165, 1.54) is 11.1 Å². The first-order valence-corrected chi connectivity index (χ1v) is 9.43. The lowest BCUT2D eigenvalue weighted by molar-refractivity contribution is 0.358. The summed E-state index contributed by atoms with van der Waals surface area (Å²) in [5.74, 6) is 1.40. The molecule has 1 aliphatic carbocycles. The molecular weight excluding hydrogens is 340 g/mol. The van der Waals surface area contributed by atoms with Gasteiger partial charge in [0.2, 0.25) is 5.88 Å². The number of H-pyrrole nitrogens is 1. The van der Waals surface area contributed by atoms with Gasteiger partial charge in [0.25, 0.3) is 5.56 Å². The van der Waals surface area contributed by atoms with Crippen LogP contribution in [0.1, 0.15) is 59.9 Å². The normalized spacial score (nSPS) is 20.0. The Balaban J connectivity index is 1.58. The predicted molar refractivity (Wildman–Crippen MR) is 104 cm³/mol. The van der Waals surface area contributed by atoms with Crippen molar-refractivity contribution in [2.45, 2.75) is 51.4 Å². The van der Waals surface area contributed by atoms with Gasteiger partial charge in [0, 0.05) is 23.5 Å². The standard InChI is InChI=1S/C21H24N4O2/c1-12-8-9-22-21(27-3)18(12)15-6-4-14(5-7-15)16-10-17-19(25-20(16)26)24-13(2)11-23-17/h8-11,14-15H,4-7H2,1-3H3,(H,24,25,26). The summed E-state index contributed by atoms with van der Waals surface area (Å²) in [5, 5.41) is 0. The fourth-order valence-electron chi connectivity index (χ4n) is 4.28. The summed E-state index contributed by atoms with van der Waals surface area (Å²) >= 11 is 0. The number of hydrogen-bond acceptors (Lipinski definition) is 5. The third-order valence-electron chi connectivity index (χ3n) is 5.65. The number of aromatic nitrogens is 4. The van der Waals surface area contributed by atoms with Crippen molar-refractivity contribution in [3.63, 3.8) is 0 Å². The van der Waals surface area contributed by atoms with Crippen LogP contribution in [-0.4, -0.2) is 27.0 Å². The maximum Gasteiger partial charge on any atom is 0.253 e. The summed E-state index contributed by atoms with van der Waals surface area (Å²) in [6.07, 6.45) is 7.50. The van der Waals surface area contributed by atoms with Gasteiger partial charge in [-0.15, -0.1) is 0 Å². The topological polar surface area (TPSA) is 80.8 Å². The zero-order chi connectivity index (χ0) is 19.0. The predicted octanol–water partition coefficient (Wildman–Crippen LogP) is 3.78. The molecule has 3 aromatic rings. The number of hydrogen-bond donors (Lipinski definition) is 1. The van der Waals surface area contributed by atoms with Crippen molar-refractivity contribution >= 4 is 11.2 Å². The van der Waals surface area contributed by atoms with Crippen molar-refractivity contribution in [1.29, 1.82) is 0 Å². The lowest BCUT2D eigenvalue weighted by Gasteiger charge is -2.30. The zero-order valence-electron chi connectivity index (χ0n) is 16.0. The van der Waals surface area contributed by atoms with E-state index in [2.05, 4.69) is 26.9 Å². The average Bonchev–Trinajstić information content (AvgIpc) is 2.67. The number of nitrogens with one attached hydrogen (secondary N) is 1. The van der Waals surface area contributed by atoms with Gasteiger partial charge in [-0.2, -0.15) is 0 Å². The van der Waals surface area contributed by atoms with Gasteiger partial charge >= 0.3 is 0 Å². The quantitative estimate of drug-likeness (QED) is 0.765. The summed E-state index contributed by atoms with van der Waals surface area (Å²) in [4.78, 5) is 28.7. The lowest BCUT2D eigenvalue weighted by atomic mass is 9.75. The Morgan fingerprint density at radius 3 is 2.59 bits per heavy atom.